The van der Waals surface area contributed by atoms with Crippen LogP contribution in [0.1, 0.15) is 5.56 Å². The monoisotopic (exact) mass is 323 g/mol. The second-order valence-corrected chi connectivity index (χ2v) is 3.98. The third-order valence-corrected chi connectivity index (χ3v) is 2.43. The minimum Gasteiger partial charge on any atom is -0.319 e. The molecule has 0 fully saturated rings. The summed E-state index contributed by atoms with van der Waals surface area (Å²) in [6, 6.07) is 1.42. The molecule has 10 heteroatoms. The highest BCUT2D eigenvalue weighted by atomic mass is 35.5. The van der Waals surface area contributed by atoms with Gasteiger partial charge >= 0.3 is 24.4 Å². The molecule has 0 heterocycles. The van der Waals surface area contributed by atoms with Gasteiger partial charge in [0.05, 0.1) is 16.3 Å². The van der Waals surface area contributed by atoms with Crippen molar-refractivity contribution in [2.24, 2.45) is 0 Å². The van der Waals surface area contributed by atoms with Crippen molar-refractivity contribution in [3.8, 4) is 0 Å². The van der Waals surface area contributed by atoms with Crippen molar-refractivity contribution in [2.75, 3.05) is 5.32 Å². The van der Waals surface area contributed by atoms with Crippen LogP contribution in [0.5, 0.6) is 0 Å². The molecule has 0 atom stereocenters. The number of amides is 1. The van der Waals surface area contributed by atoms with Crippen LogP contribution in [0.25, 0.3) is 0 Å². The van der Waals surface area contributed by atoms with Crippen molar-refractivity contribution < 1.29 is 35.5 Å². The Labute approximate surface area is 112 Å². The maximum Gasteiger partial charge on any atom is 0.416 e. The lowest BCUT2D eigenvalue weighted by Crippen LogP contribution is -2.41. The van der Waals surface area contributed by atoms with E-state index in [-0.39, 0.29) is 0 Å². The van der Waals surface area contributed by atoms with Gasteiger partial charge in [0.2, 0.25) is 0 Å². The van der Waals surface area contributed by atoms with Gasteiger partial charge in [-0.1, -0.05) is 11.6 Å². The summed E-state index contributed by atoms with van der Waals surface area (Å²) in [6.45, 7) is 0. The normalized spacial score (nSPS) is 12.7. The minimum absolute atomic E-state index is 0.373. The van der Waals surface area contributed by atoms with E-state index in [0.29, 0.717) is 18.2 Å². The highest BCUT2D eigenvalue weighted by Crippen LogP contribution is 2.34. The number of carbonyl (C=O) groups excluding carboxylic acids is 1. The van der Waals surface area contributed by atoms with Crippen molar-refractivity contribution in [3.63, 3.8) is 0 Å². The molecule has 0 aliphatic carbocycles. The number of hydrogen-bond acceptors (Lipinski definition) is 1. The second-order valence-electron chi connectivity index (χ2n) is 3.57. The van der Waals surface area contributed by atoms with Crippen LogP contribution in [0, 0.1) is 0 Å². The van der Waals surface area contributed by atoms with Crippen molar-refractivity contribution in [1.82, 2.24) is 0 Å². The Kier molecular flexibility index (Phi) is 4.52. The van der Waals surface area contributed by atoms with Gasteiger partial charge in [-0.05, 0) is 18.2 Å². The first kappa shape index (κ1) is 16.5. The van der Waals surface area contributed by atoms with Crippen molar-refractivity contribution in [1.29, 1.82) is 0 Å². The smallest absolute Gasteiger partial charge is 0.319 e. The van der Waals surface area contributed by atoms with Crippen LogP contribution < -0.4 is 5.32 Å². The summed E-state index contributed by atoms with van der Waals surface area (Å²) in [6.07, 6.45) is -8.98. The van der Waals surface area contributed by atoms with E-state index < -0.39 is 40.7 Å². The molecule has 0 aliphatic heterocycles. The molecule has 0 aromatic heterocycles. The number of nitrogens with one attached hydrogen (secondary N) is 1. The lowest BCUT2D eigenvalue weighted by atomic mass is 10.2. The number of alkyl halides is 7. The minimum atomic E-state index is -4.98. The van der Waals surface area contributed by atoms with Crippen LogP contribution in [0.4, 0.5) is 36.4 Å². The number of carbonyl (C=O) groups is 1. The zero-order valence-corrected chi connectivity index (χ0v) is 10.00. The van der Waals surface area contributed by atoms with Crippen LogP contribution in [-0.4, -0.2) is 18.3 Å². The quantitative estimate of drug-likeness (QED) is 0.830. The summed E-state index contributed by atoms with van der Waals surface area (Å²) in [7, 11) is 0. The summed E-state index contributed by atoms with van der Waals surface area (Å²) < 4.78 is 85.9. The molecule has 0 aliphatic rings. The molecule has 0 unspecified atom stereocenters. The molecule has 2 nitrogen and oxygen atoms in total. The third-order valence-electron chi connectivity index (χ3n) is 2.12. The van der Waals surface area contributed by atoms with Gasteiger partial charge in [-0.15, -0.1) is 0 Å². The topological polar surface area (TPSA) is 29.1 Å². The maximum absolute atomic E-state index is 12.6. The Hall–Kier alpha value is -1.51. The first-order valence-corrected chi connectivity index (χ1v) is 5.18. The molecular weight excluding hydrogens is 319 g/mol. The predicted octanol–water partition coefficient (Wildman–Crippen LogP) is 4.20. The molecule has 0 saturated carbocycles. The van der Waals surface area contributed by atoms with Gasteiger partial charge < -0.3 is 5.32 Å². The molecule has 1 N–H and O–H groups in total. The fourth-order valence-corrected chi connectivity index (χ4v) is 1.33. The molecule has 1 aromatic rings. The summed E-state index contributed by atoms with van der Waals surface area (Å²) in [5, 5.41) is 0.632. The average Bonchev–Trinajstić information content (AvgIpc) is 2.29. The lowest BCUT2D eigenvalue weighted by molar-refractivity contribution is -0.163. The van der Waals surface area contributed by atoms with E-state index in [4.69, 9.17) is 11.6 Å². The van der Waals surface area contributed by atoms with Crippen LogP contribution in [0.3, 0.4) is 0 Å². The first-order chi connectivity index (χ1) is 8.96. The second kappa shape index (κ2) is 5.47. The largest absolute Gasteiger partial charge is 0.416 e. The fourth-order valence-electron chi connectivity index (χ4n) is 1.10. The van der Waals surface area contributed by atoms with E-state index in [2.05, 4.69) is 0 Å². The molecule has 20 heavy (non-hydrogen) atoms. The summed E-state index contributed by atoms with van der Waals surface area (Å²) >= 11 is 5.36. The van der Waals surface area contributed by atoms with E-state index >= 15 is 0 Å². The van der Waals surface area contributed by atoms with Gasteiger partial charge in [0, 0.05) is 0 Å². The van der Waals surface area contributed by atoms with Crippen LogP contribution >= 0.6 is 11.6 Å². The summed E-state index contributed by atoms with van der Waals surface area (Å²) in [4.78, 5) is 10.9. The van der Waals surface area contributed by atoms with E-state index in [1.807, 2.05) is 0 Å². The standard InChI is InChI=1S/C10H5ClF7NO/c11-5-3-4(10(16,17)18)1-2-6(5)19-8(20)9(14,15)7(12)13/h1-3,7H,(H,19,20). The maximum atomic E-state index is 12.6. The number of hydrogen-bond donors (Lipinski definition) is 1. The Morgan fingerprint density at radius 2 is 1.70 bits per heavy atom. The Bertz CT molecular complexity index is 515. The molecule has 0 radical (unpaired) electrons. The van der Waals surface area contributed by atoms with Gasteiger partial charge in [-0.25, -0.2) is 8.78 Å². The predicted molar refractivity (Wildman–Crippen MR) is 56.0 cm³/mol. The summed E-state index contributed by atoms with van der Waals surface area (Å²) in [5.41, 5.74) is -1.81. The SMILES string of the molecule is O=C(Nc1ccc(C(F)(F)F)cc1Cl)C(F)(F)C(F)F. The Balaban J connectivity index is 2.98. The van der Waals surface area contributed by atoms with Crippen molar-refractivity contribution in [3.05, 3.63) is 28.8 Å². The molecule has 1 amide bonds. The zero-order valence-electron chi connectivity index (χ0n) is 9.24. The van der Waals surface area contributed by atoms with Gasteiger partial charge in [0.15, 0.2) is 0 Å². The Morgan fingerprint density at radius 1 is 1.15 bits per heavy atom. The van der Waals surface area contributed by atoms with Crippen LogP contribution in [0.15, 0.2) is 18.2 Å². The van der Waals surface area contributed by atoms with Crippen molar-refractivity contribution in [2.45, 2.75) is 18.5 Å². The molecule has 0 saturated heterocycles. The fraction of sp³-hybridized carbons (Fsp3) is 0.300. The average molecular weight is 324 g/mol. The molecule has 0 spiro atoms. The van der Waals surface area contributed by atoms with Gasteiger partial charge in [-0.3, -0.25) is 4.79 Å². The van der Waals surface area contributed by atoms with E-state index in [1.54, 1.807) is 0 Å². The van der Waals surface area contributed by atoms with Crippen LogP contribution in [-0.2, 0) is 11.0 Å². The first-order valence-electron chi connectivity index (χ1n) is 4.80. The van der Waals surface area contributed by atoms with Crippen molar-refractivity contribution >= 4 is 23.2 Å². The van der Waals surface area contributed by atoms with Gasteiger partial charge in [0.1, 0.15) is 0 Å². The van der Waals surface area contributed by atoms with Crippen LogP contribution in [0.2, 0.25) is 5.02 Å². The lowest BCUT2D eigenvalue weighted by Gasteiger charge is -2.16. The molecular formula is C10H5ClF7NO. The Morgan fingerprint density at radius 3 is 2.10 bits per heavy atom. The van der Waals surface area contributed by atoms with Gasteiger partial charge in [0.25, 0.3) is 0 Å². The number of halogens is 8. The number of rotatable bonds is 3. The molecule has 1 rings (SSSR count). The number of benzene rings is 1. The highest BCUT2D eigenvalue weighted by Gasteiger charge is 2.49. The molecule has 0 bridgehead atoms. The highest BCUT2D eigenvalue weighted by molar-refractivity contribution is 6.33. The summed E-state index contributed by atoms with van der Waals surface area (Å²) in [5.74, 6) is -7.35. The zero-order chi connectivity index (χ0) is 15.7. The van der Waals surface area contributed by atoms with Gasteiger partial charge in [-0.2, -0.15) is 22.0 Å². The molecule has 112 valence electrons. The molecule has 1 aromatic carbocycles. The van der Waals surface area contributed by atoms with E-state index in [1.165, 1.54) is 5.32 Å². The third kappa shape index (κ3) is 3.53. The number of anilines is 1. The van der Waals surface area contributed by atoms with E-state index in [0.717, 1.165) is 0 Å². The van der Waals surface area contributed by atoms with E-state index in [9.17, 15) is 35.5 Å².